The first-order chi connectivity index (χ1) is 10.0. The molecule has 2 aromatic rings. The van der Waals surface area contributed by atoms with Crippen molar-refractivity contribution >= 4 is 17.1 Å². The maximum atomic E-state index is 13.8. The molecule has 0 radical (unpaired) electrons. The quantitative estimate of drug-likeness (QED) is 0.802. The summed E-state index contributed by atoms with van der Waals surface area (Å²) in [6.45, 7) is 4.46. The second kappa shape index (κ2) is 6.47. The van der Waals surface area contributed by atoms with Gasteiger partial charge in [-0.15, -0.1) is 0 Å². The number of nitrogens with one attached hydrogen (secondary N) is 1. The van der Waals surface area contributed by atoms with Crippen molar-refractivity contribution in [1.29, 1.82) is 0 Å². The highest BCUT2D eigenvalue weighted by Gasteiger charge is 2.12. The van der Waals surface area contributed by atoms with Gasteiger partial charge >= 0.3 is 0 Å². The Labute approximate surface area is 123 Å². The summed E-state index contributed by atoms with van der Waals surface area (Å²) >= 11 is 0. The van der Waals surface area contributed by atoms with Gasteiger partial charge in [0.2, 0.25) is 0 Å². The molecule has 2 rings (SSSR count). The molecule has 0 unspecified atom stereocenters. The molecule has 0 aliphatic heterocycles. The molecule has 0 aliphatic rings. The minimum atomic E-state index is -0.451. The topological polar surface area (TPSA) is 65.1 Å². The van der Waals surface area contributed by atoms with E-state index in [0.29, 0.717) is 18.0 Å². The fraction of sp³-hybridized carbons (Fsp3) is 0.400. The molecule has 1 heterocycles. The van der Waals surface area contributed by atoms with E-state index in [1.807, 2.05) is 27.1 Å². The molecule has 0 saturated heterocycles. The number of hydrogen-bond acceptors (Lipinski definition) is 4. The Morgan fingerprint density at radius 3 is 2.76 bits per heavy atom. The van der Waals surface area contributed by atoms with Crippen molar-refractivity contribution in [1.82, 2.24) is 9.78 Å². The Morgan fingerprint density at radius 1 is 1.33 bits per heavy atom. The predicted molar refractivity (Wildman–Crippen MR) is 82.5 cm³/mol. The average molecular weight is 292 g/mol. The lowest BCUT2D eigenvalue weighted by atomic mass is 10.2. The standard InChI is InChI=1S/C15H21FN4O/c1-4-6-21-15-8-13(11(17)7-10(15)16)18-14-9-20(3)19-12(14)5-2/h7-9,18H,4-6,17H2,1-3H3. The van der Waals surface area contributed by atoms with Crippen LogP contribution in [0.4, 0.5) is 21.5 Å². The van der Waals surface area contributed by atoms with Crippen molar-refractivity contribution in [3.63, 3.8) is 0 Å². The minimum Gasteiger partial charge on any atom is -0.490 e. The number of rotatable bonds is 6. The Morgan fingerprint density at radius 2 is 2.10 bits per heavy atom. The number of nitrogens with two attached hydrogens (primary N) is 1. The molecule has 3 N–H and O–H groups in total. The van der Waals surface area contributed by atoms with E-state index in [-0.39, 0.29) is 5.75 Å². The first-order valence-corrected chi connectivity index (χ1v) is 7.06. The van der Waals surface area contributed by atoms with Gasteiger partial charge in [-0.1, -0.05) is 13.8 Å². The maximum Gasteiger partial charge on any atom is 0.167 e. The molecule has 1 aromatic heterocycles. The van der Waals surface area contributed by atoms with E-state index in [0.717, 1.165) is 24.2 Å². The Kier molecular flexibility index (Phi) is 4.67. The highest BCUT2D eigenvalue weighted by Crippen LogP contribution is 2.31. The maximum absolute atomic E-state index is 13.8. The molecule has 21 heavy (non-hydrogen) atoms. The molecule has 0 spiro atoms. The molecule has 0 saturated carbocycles. The van der Waals surface area contributed by atoms with Gasteiger partial charge in [0.1, 0.15) is 0 Å². The zero-order valence-electron chi connectivity index (χ0n) is 12.6. The van der Waals surface area contributed by atoms with Crippen molar-refractivity contribution in [2.45, 2.75) is 26.7 Å². The first-order valence-electron chi connectivity index (χ1n) is 7.06. The number of hydrogen-bond donors (Lipinski definition) is 2. The third kappa shape index (κ3) is 3.45. The van der Waals surface area contributed by atoms with Crippen LogP contribution in [0.15, 0.2) is 18.3 Å². The smallest absolute Gasteiger partial charge is 0.167 e. The summed E-state index contributed by atoms with van der Waals surface area (Å²) in [7, 11) is 1.86. The zero-order valence-corrected chi connectivity index (χ0v) is 12.6. The van der Waals surface area contributed by atoms with Gasteiger partial charge in [-0.2, -0.15) is 5.10 Å². The number of aryl methyl sites for hydroxylation is 2. The zero-order chi connectivity index (χ0) is 15.4. The number of nitrogens with zero attached hydrogens (tertiary/aromatic N) is 2. The second-order valence-corrected chi connectivity index (χ2v) is 4.86. The van der Waals surface area contributed by atoms with E-state index >= 15 is 0 Å². The molecule has 0 aliphatic carbocycles. The molecule has 114 valence electrons. The summed E-state index contributed by atoms with van der Waals surface area (Å²) < 4.78 is 20.9. The van der Waals surface area contributed by atoms with Crippen LogP contribution in [0.25, 0.3) is 0 Å². The van der Waals surface area contributed by atoms with Crippen LogP contribution in [0.5, 0.6) is 5.75 Å². The highest BCUT2D eigenvalue weighted by molar-refractivity contribution is 5.74. The number of aromatic nitrogens is 2. The van der Waals surface area contributed by atoms with Crippen LogP contribution in [0.3, 0.4) is 0 Å². The summed E-state index contributed by atoms with van der Waals surface area (Å²) in [6.07, 6.45) is 3.48. The van der Waals surface area contributed by atoms with E-state index in [1.165, 1.54) is 6.07 Å². The minimum absolute atomic E-state index is 0.204. The molecule has 0 fully saturated rings. The van der Waals surface area contributed by atoms with Crippen molar-refractivity contribution in [3.05, 3.63) is 29.8 Å². The summed E-state index contributed by atoms with van der Waals surface area (Å²) in [5, 5.41) is 7.55. The summed E-state index contributed by atoms with van der Waals surface area (Å²) in [6, 6.07) is 2.86. The fourth-order valence-electron chi connectivity index (χ4n) is 2.04. The van der Waals surface area contributed by atoms with E-state index < -0.39 is 5.82 Å². The lowest BCUT2D eigenvalue weighted by molar-refractivity contribution is 0.301. The Hall–Kier alpha value is -2.24. The van der Waals surface area contributed by atoms with Crippen molar-refractivity contribution in [2.24, 2.45) is 7.05 Å². The van der Waals surface area contributed by atoms with Crippen LogP contribution in [-0.2, 0) is 13.5 Å². The molecule has 0 amide bonds. The van der Waals surface area contributed by atoms with E-state index in [2.05, 4.69) is 10.4 Å². The van der Waals surface area contributed by atoms with Gasteiger partial charge < -0.3 is 15.8 Å². The third-order valence-electron chi connectivity index (χ3n) is 3.08. The van der Waals surface area contributed by atoms with Crippen LogP contribution in [0.2, 0.25) is 0 Å². The van der Waals surface area contributed by atoms with Gasteiger partial charge in [-0.3, -0.25) is 4.68 Å². The summed E-state index contributed by atoms with van der Waals surface area (Å²) in [5.41, 5.74) is 8.62. The van der Waals surface area contributed by atoms with Crippen molar-refractivity contribution in [3.8, 4) is 5.75 Å². The first kappa shape index (κ1) is 15.2. The lowest BCUT2D eigenvalue weighted by Gasteiger charge is -2.12. The van der Waals surface area contributed by atoms with Crippen LogP contribution in [-0.4, -0.2) is 16.4 Å². The average Bonchev–Trinajstić information content (AvgIpc) is 2.80. The number of benzene rings is 1. The fourth-order valence-corrected chi connectivity index (χ4v) is 2.04. The number of anilines is 3. The van der Waals surface area contributed by atoms with Gasteiger partial charge in [0, 0.05) is 25.4 Å². The SMILES string of the molecule is CCCOc1cc(Nc2cn(C)nc2CC)c(N)cc1F. The number of halogens is 1. The van der Waals surface area contributed by atoms with E-state index in [1.54, 1.807) is 10.7 Å². The molecule has 0 bridgehead atoms. The molecule has 0 atom stereocenters. The molecular weight excluding hydrogens is 271 g/mol. The van der Waals surface area contributed by atoms with E-state index in [9.17, 15) is 4.39 Å². The molecule has 1 aromatic carbocycles. The van der Waals surface area contributed by atoms with Crippen molar-refractivity contribution in [2.75, 3.05) is 17.7 Å². The molecule has 6 heteroatoms. The lowest BCUT2D eigenvalue weighted by Crippen LogP contribution is -2.02. The normalized spacial score (nSPS) is 10.7. The second-order valence-electron chi connectivity index (χ2n) is 4.86. The van der Waals surface area contributed by atoms with Gasteiger partial charge in [0.25, 0.3) is 0 Å². The van der Waals surface area contributed by atoms with Gasteiger partial charge in [-0.05, 0) is 12.8 Å². The van der Waals surface area contributed by atoms with Crippen LogP contribution >= 0.6 is 0 Å². The van der Waals surface area contributed by atoms with Gasteiger partial charge in [0.05, 0.1) is 29.4 Å². The highest BCUT2D eigenvalue weighted by atomic mass is 19.1. The number of nitrogen functional groups attached to an aromatic ring is 1. The third-order valence-corrected chi connectivity index (χ3v) is 3.08. The molecule has 5 nitrogen and oxygen atoms in total. The van der Waals surface area contributed by atoms with Crippen LogP contribution < -0.4 is 15.8 Å². The summed E-state index contributed by atoms with van der Waals surface area (Å²) in [5.74, 6) is -0.246. The number of ether oxygens (including phenoxy) is 1. The predicted octanol–water partition coefficient (Wildman–Crippen LogP) is 3.24. The van der Waals surface area contributed by atoms with Crippen molar-refractivity contribution < 1.29 is 9.13 Å². The van der Waals surface area contributed by atoms with Crippen LogP contribution in [0.1, 0.15) is 26.0 Å². The monoisotopic (exact) mass is 292 g/mol. The Bertz CT molecular complexity index is 624. The van der Waals surface area contributed by atoms with E-state index in [4.69, 9.17) is 10.5 Å². The van der Waals surface area contributed by atoms with Gasteiger partial charge in [0.15, 0.2) is 11.6 Å². The summed E-state index contributed by atoms with van der Waals surface area (Å²) in [4.78, 5) is 0. The van der Waals surface area contributed by atoms with Gasteiger partial charge in [-0.25, -0.2) is 4.39 Å². The largest absolute Gasteiger partial charge is 0.490 e. The Balaban J connectivity index is 2.30. The van der Waals surface area contributed by atoms with Crippen LogP contribution in [0, 0.1) is 5.82 Å². The molecular formula is C15H21FN4O.